The Morgan fingerprint density at radius 1 is 1.67 bits per heavy atom. The number of hydrogen-bond acceptors (Lipinski definition) is 2. The summed E-state index contributed by atoms with van der Waals surface area (Å²) in [6.45, 7) is 2.70. The fourth-order valence-corrected chi connectivity index (χ4v) is 1.98. The molecule has 1 heterocycles. The molecule has 1 atom stereocenters. The normalized spacial score (nSPS) is 35.6. The summed E-state index contributed by atoms with van der Waals surface area (Å²) in [6.07, 6.45) is 4.76. The van der Waals surface area contributed by atoms with Gasteiger partial charge in [0.15, 0.2) is 0 Å². The third-order valence-electron chi connectivity index (χ3n) is 2.89. The molecule has 3 nitrogen and oxygen atoms in total. The summed E-state index contributed by atoms with van der Waals surface area (Å²) < 4.78 is 5.21. The van der Waals surface area contributed by atoms with Crippen LogP contribution in [0.2, 0.25) is 0 Å². The van der Waals surface area contributed by atoms with E-state index in [1.807, 2.05) is 6.92 Å². The van der Waals surface area contributed by atoms with Gasteiger partial charge in [-0.3, -0.25) is 0 Å². The van der Waals surface area contributed by atoms with E-state index in [9.17, 15) is 4.79 Å². The van der Waals surface area contributed by atoms with E-state index in [-0.39, 0.29) is 11.7 Å². The van der Waals surface area contributed by atoms with Crippen molar-refractivity contribution in [3.8, 4) is 0 Å². The van der Waals surface area contributed by atoms with Crippen LogP contribution in [-0.2, 0) is 4.74 Å². The Labute approximate surface area is 72.5 Å². The topological polar surface area (TPSA) is 38.3 Å². The van der Waals surface area contributed by atoms with Crippen molar-refractivity contribution in [1.29, 1.82) is 0 Å². The first-order chi connectivity index (χ1) is 5.68. The molecule has 2 rings (SSSR count). The fourth-order valence-electron chi connectivity index (χ4n) is 1.98. The molecule has 12 heavy (non-hydrogen) atoms. The van der Waals surface area contributed by atoms with E-state index in [0.29, 0.717) is 6.54 Å². The Balaban J connectivity index is 1.88. The molecule has 0 aromatic carbocycles. The molecule has 0 aromatic rings. The minimum Gasteiger partial charge on any atom is -0.441 e. The number of hydrogen-bond donors (Lipinski definition) is 1. The maximum absolute atomic E-state index is 10.8. The first-order valence-corrected chi connectivity index (χ1v) is 4.65. The largest absolute Gasteiger partial charge is 0.441 e. The zero-order valence-electron chi connectivity index (χ0n) is 7.43. The maximum Gasteiger partial charge on any atom is 0.407 e. The molecule has 1 aliphatic heterocycles. The summed E-state index contributed by atoms with van der Waals surface area (Å²) in [6, 6.07) is 0. The Hall–Kier alpha value is -0.730. The van der Waals surface area contributed by atoms with Crippen LogP contribution in [0.3, 0.4) is 0 Å². The van der Waals surface area contributed by atoms with Crippen molar-refractivity contribution in [2.75, 3.05) is 6.54 Å². The molecule has 0 aromatic heterocycles. The van der Waals surface area contributed by atoms with Gasteiger partial charge in [-0.25, -0.2) is 4.79 Å². The monoisotopic (exact) mass is 169 g/mol. The Morgan fingerprint density at radius 3 is 2.83 bits per heavy atom. The van der Waals surface area contributed by atoms with Crippen molar-refractivity contribution in [1.82, 2.24) is 5.32 Å². The SMILES string of the molecule is CC1(CC2CCC2)CNC(=O)O1. The summed E-state index contributed by atoms with van der Waals surface area (Å²) >= 11 is 0. The predicted octanol–water partition coefficient (Wildman–Crippen LogP) is 1.68. The number of alkyl carbamates (subject to hydrolysis) is 1. The van der Waals surface area contributed by atoms with E-state index >= 15 is 0 Å². The standard InChI is InChI=1S/C9H15NO2/c1-9(5-7-3-2-4-7)6-10-8(11)12-9/h7H,2-6H2,1H3,(H,10,11). The van der Waals surface area contributed by atoms with Crippen molar-refractivity contribution in [3.05, 3.63) is 0 Å². The summed E-state index contributed by atoms with van der Waals surface area (Å²) in [4.78, 5) is 10.8. The number of rotatable bonds is 2. The number of amides is 1. The molecule has 1 unspecified atom stereocenters. The van der Waals surface area contributed by atoms with Gasteiger partial charge in [0.1, 0.15) is 5.60 Å². The van der Waals surface area contributed by atoms with E-state index in [1.54, 1.807) is 0 Å². The molecule has 2 fully saturated rings. The van der Waals surface area contributed by atoms with Crippen molar-refractivity contribution in [3.63, 3.8) is 0 Å². The zero-order valence-corrected chi connectivity index (χ0v) is 7.43. The Kier molecular flexibility index (Phi) is 1.74. The van der Waals surface area contributed by atoms with Crippen LogP contribution in [0.25, 0.3) is 0 Å². The van der Waals surface area contributed by atoms with Crippen molar-refractivity contribution < 1.29 is 9.53 Å². The van der Waals surface area contributed by atoms with Gasteiger partial charge in [0.25, 0.3) is 0 Å². The van der Waals surface area contributed by atoms with Crippen LogP contribution >= 0.6 is 0 Å². The first kappa shape index (κ1) is 7.90. The molecule has 1 saturated heterocycles. The van der Waals surface area contributed by atoms with E-state index in [4.69, 9.17) is 4.74 Å². The molecule has 0 radical (unpaired) electrons. The van der Waals surface area contributed by atoms with Gasteiger partial charge in [-0.15, -0.1) is 0 Å². The minimum atomic E-state index is -0.253. The van der Waals surface area contributed by atoms with Crippen LogP contribution in [0.1, 0.15) is 32.6 Å². The molecule has 2 aliphatic rings. The first-order valence-electron chi connectivity index (χ1n) is 4.65. The van der Waals surface area contributed by atoms with Gasteiger partial charge in [-0.05, 0) is 19.3 Å². The Bertz CT molecular complexity index is 201. The summed E-state index contributed by atoms with van der Waals surface area (Å²) in [5.41, 5.74) is -0.220. The summed E-state index contributed by atoms with van der Waals surface area (Å²) in [5, 5.41) is 2.70. The number of nitrogens with one attached hydrogen (secondary N) is 1. The average Bonchev–Trinajstić information content (AvgIpc) is 2.24. The number of carbonyl (C=O) groups is 1. The molecule has 1 aliphatic carbocycles. The van der Waals surface area contributed by atoms with Gasteiger partial charge in [-0.2, -0.15) is 0 Å². The van der Waals surface area contributed by atoms with Gasteiger partial charge in [-0.1, -0.05) is 19.3 Å². The van der Waals surface area contributed by atoms with Crippen LogP contribution in [0, 0.1) is 5.92 Å². The quantitative estimate of drug-likeness (QED) is 0.683. The number of carbonyl (C=O) groups excluding carboxylic acids is 1. The van der Waals surface area contributed by atoms with Gasteiger partial charge < -0.3 is 10.1 Å². The lowest BCUT2D eigenvalue weighted by atomic mass is 9.78. The number of ether oxygens (including phenoxy) is 1. The molecule has 3 heteroatoms. The second-order valence-corrected chi connectivity index (χ2v) is 4.19. The van der Waals surface area contributed by atoms with Crippen LogP contribution in [-0.4, -0.2) is 18.2 Å². The molecular weight excluding hydrogens is 154 g/mol. The van der Waals surface area contributed by atoms with E-state index in [1.165, 1.54) is 19.3 Å². The van der Waals surface area contributed by atoms with Gasteiger partial charge in [0, 0.05) is 0 Å². The molecule has 1 amide bonds. The molecule has 68 valence electrons. The maximum atomic E-state index is 10.8. The highest BCUT2D eigenvalue weighted by Gasteiger charge is 2.38. The van der Waals surface area contributed by atoms with E-state index in [2.05, 4.69) is 5.32 Å². The van der Waals surface area contributed by atoms with Crippen LogP contribution < -0.4 is 5.32 Å². The highest BCUT2D eigenvalue weighted by molar-refractivity contribution is 5.70. The third-order valence-corrected chi connectivity index (χ3v) is 2.89. The smallest absolute Gasteiger partial charge is 0.407 e. The average molecular weight is 169 g/mol. The Morgan fingerprint density at radius 2 is 2.42 bits per heavy atom. The van der Waals surface area contributed by atoms with Gasteiger partial charge >= 0.3 is 6.09 Å². The number of cyclic esters (lactones) is 1. The molecule has 1 saturated carbocycles. The lowest BCUT2D eigenvalue weighted by Crippen LogP contribution is -2.33. The highest BCUT2D eigenvalue weighted by Crippen LogP contribution is 2.35. The predicted molar refractivity (Wildman–Crippen MR) is 44.8 cm³/mol. The van der Waals surface area contributed by atoms with Crippen LogP contribution in [0.15, 0.2) is 0 Å². The highest BCUT2D eigenvalue weighted by atomic mass is 16.6. The fraction of sp³-hybridized carbons (Fsp3) is 0.889. The van der Waals surface area contributed by atoms with Gasteiger partial charge in [0.05, 0.1) is 6.54 Å². The lowest BCUT2D eigenvalue weighted by molar-refractivity contribution is 0.0385. The molecule has 0 bridgehead atoms. The van der Waals surface area contributed by atoms with E-state index in [0.717, 1.165) is 12.3 Å². The second kappa shape index (κ2) is 2.64. The zero-order chi connectivity index (χ0) is 8.60. The minimum absolute atomic E-state index is 0.220. The van der Waals surface area contributed by atoms with Crippen LogP contribution in [0.4, 0.5) is 4.79 Å². The van der Waals surface area contributed by atoms with Crippen molar-refractivity contribution in [2.24, 2.45) is 5.92 Å². The summed E-state index contributed by atoms with van der Waals surface area (Å²) in [7, 11) is 0. The molecular formula is C9H15NO2. The van der Waals surface area contributed by atoms with Gasteiger partial charge in [0.2, 0.25) is 0 Å². The lowest BCUT2D eigenvalue weighted by Gasteiger charge is -2.32. The van der Waals surface area contributed by atoms with Crippen molar-refractivity contribution in [2.45, 2.75) is 38.2 Å². The molecule has 0 spiro atoms. The van der Waals surface area contributed by atoms with Crippen molar-refractivity contribution >= 4 is 6.09 Å². The van der Waals surface area contributed by atoms with Crippen LogP contribution in [0.5, 0.6) is 0 Å². The molecule has 1 N–H and O–H groups in total. The second-order valence-electron chi connectivity index (χ2n) is 4.19. The third kappa shape index (κ3) is 1.40. The van der Waals surface area contributed by atoms with E-state index < -0.39 is 0 Å². The summed E-state index contributed by atoms with van der Waals surface area (Å²) in [5.74, 6) is 0.794.